The second-order valence-corrected chi connectivity index (χ2v) is 6.17. The Labute approximate surface area is 160 Å². The molecule has 0 fully saturated rings. The largest absolute Gasteiger partial charge is 0.489 e. The molecule has 0 amide bonds. The first-order chi connectivity index (χ1) is 13.2. The van der Waals surface area contributed by atoms with E-state index >= 15 is 0 Å². The SMILES string of the molecule is O=C1OC(c2ccco2)=N/C1=C\c1cccc(OCc2ccccc2Cl)c1. The highest BCUT2D eigenvalue weighted by Crippen LogP contribution is 2.23. The summed E-state index contributed by atoms with van der Waals surface area (Å²) >= 11 is 6.14. The highest BCUT2D eigenvalue weighted by molar-refractivity contribution is 6.31. The number of halogens is 1. The third-order valence-corrected chi connectivity index (χ3v) is 4.23. The zero-order chi connectivity index (χ0) is 18.6. The van der Waals surface area contributed by atoms with Gasteiger partial charge in [-0.25, -0.2) is 9.79 Å². The van der Waals surface area contributed by atoms with Gasteiger partial charge in [-0.2, -0.15) is 0 Å². The van der Waals surface area contributed by atoms with Gasteiger partial charge in [-0.05, 0) is 42.0 Å². The molecule has 6 heteroatoms. The van der Waals surface area contributed by atoms with E-state index in [1.54, 1.807) is 18.2 Å². The first-order valence-corrected chi connectivity index (χ1v) is 8.59. The third-order valence-electron chi connectivity index (χ3n) is 3.87. The van der Waals surface area contributed by atoms with Crippen molar-refractivity contribution in [2.45, 2.75) is 6.61 Å². The van der Waals surface area contributed by atoms with Gasteiger partial charge in [0.05, 0.1) is 6.26 Å². The summed E-state index contributed by atoms with van der Waals surface area (Å²) in [7, 11) is 0. The first-order valence-electron chi connectivity index (χ1n) is 8.22. The number of rotatable bonds is 5. The molecule has 1 aromatic heterocycles. The molecule has 3 aromatic rings. The van der Waals surface area contributed by atoms with Crippen LogP contribution in [0, 0.1) is 0 Å². The molecule has 0 saturated carbocycles. The van der Waals surface area contributed by atoms with Gasteiger partial charge in [0.2, 0.25) is 0 Å². The fourth-order valence-electron chi connectivity index (χ4n) is 2.54. The van der Waals surface area contributed by atoms with E-state index in [4.69, 9.17) is 25.5 Å². The Bertz CT molecular complexity index is 1040. The number of carbonyl (C=O) groups excluding carboxylic acids is 1. The summed E-state index contributed by atoms with van der Waals surface area (Å²) in [6, 6.07) is 18.2. The maximum atomic E-state index is 12.0. The lowest BCUT2D eigenvalue weighted by Crippen LogP contribution is -2.04. The molecule has 4 rings (SSSR count). The van der Waals surface area contributed by atoms with E-state index in [0.29, 0.717) is 23.1 Å². The van der Waals surface area contributed by atoms with E-state index in [-0.39, 0.29) is 11.6 Å². The minimum atomic E-state index is -0.524. The second kappa shape index (κ2) is 7.51. The van der Waals surface area contributed by atoms with Crippen LogP contribution in [-0.2, 0) is 16.1 Å². The molecule has 0 atom stereocenters. The van der Waals surface area contributed by atoms with Crippen LogP contribution in [-0.4, -0.2) is 11.9 Å². The molecule has 27 heavy (non-hydrogen) atoms. The van der Waals surface area contributed by atoms with Crippen LogP contribution >= 0.6 is 11.6 Å². The minimum Gasteiger partial charge on any atom is -0.489 e. The van der Waals surface area contributed by atoms with Crippen LogP contribution in [0.4, 0.5) is 0 Å². The molecule has 0 unspecified atom stereocenters. The molecule has 1 aliphatic rings. The topological polar surface area (TPSA) is 61.0 Å². The standard InChI is InChI=1S/C21H14ClNO4/c22-17-8-2-1-6-15(17)13-26-16-7-3-5-14(11-16)12-18-21(24)27-20(23-18)19-9-4-10-25-19/h1-12H,13H2/b18-12-. The van der Waals surface area contributed by atoms with Crippen LogP contribution in [0.25, 0.3) is 6.08 Å². The molecule has 0 spiro atoms. The number of benzene rings is 2. The first kappa shape index (κ1) is 17.1. The lowest BCUT2D eigenvalue weighted by molar-refractivity contribution is -0.130. The molecule has 0 bridgehead atoms. The highest BCUT2D eigenvalue weighted by Gasteiger charge is 2.25. The second-order valence-electron chi connectivity index (χ2n) is 5.77. The van der Waals surface area contributed by atoms with Crippen molar-refractivity contribution in [3.8, 4) is 5.75 Å². The van der Waals surface area contributed by atoms with Crippen molar-refractivity contribution in [3.05, 3.63) is 94.5 Å². The Kier molecular flexibility index (Phi) is 4.77. The van der Waals surface area contributed by atoms with Gasteiger partial charge in [0, 0.05) is 10.6 Å². The van der Waals surface area contributed by atoms with Crippen molar-refractivity contribution < 1.29 is 18.7 Å². The molecular weight excluding hydrogens is 366 g/mol. The number of ether oxygens (including phenoxy) is 2. The zero-order valence-corrected chi connectivity index (χ0v) is 14.8. The van der Waals surface area contributed by atoms with E-state index in [2.05, 4.69) is 4.99 Å². The zero-order valence-electron chi connectivity index (χ0n) is 14.1. The molecule has 1 aliphatic heterocycles. The summed E-state index contributed by atoms with van der Waals surface area (Å²) in [5.41, 5.74) is 1.86. The lowest BCUT2D eigenvalue weighted by Gasteiger charge is -2.08. The molecule has 134 valence electrons. The van der Waals surface area contributed by atoms with Gasteiger partial charge >= 0.3 is 5.97 Å². The Hall–Kier alpha value is -3.31. The lowest BCUT2D eigenvalue weighted by atomic mass is 10.2. The fraction of sp³-hybridized carbons (Fsp3) is 0.0476. The number of carbonyl (C=O) groups is 1. The summed E-state index contributed by atoms with van der Waals surface area (Å²) in [6.45, 7) is 0.350. The van der Waals surface area contributed by atoms with Gasteiger partial charge < -0.3 is 13.9 Å². The maximum Gasteiger partial charge on any atom is 0.363 e. The molecule has 0 N–H and O–H groups in total. The number of furan rings is 1. The van der Waals surface area contributed by atoms with Crippen molar-refractivity contribution in [3.63, 3.8) is 0 Å². The summed E-state index contributed by atoms with van der Waals surface area (Å²) in [4.78, 5) is 16.2. The molecule has 2 heterocycles. The van der Waals surface area contributed by atoms with Crippen molar-refractivity contribution in [1.29, 1.82) is 0 Å². The van der Waals surface area contributed by atoms with Crippen LogP contribution in [0.2, 0.25) is 5.02 Å². The van der Waals surface area contributed by atoms with E-state index in [1.807, 2.05) is 48.5 Å². The maximum absolute atomic E-state index is 12.0. The van der Waals surface area contributed by atoms with E-state index in [1.165, 1.54) is 6.26 Å². The van der Waals surface area contributed by atoms with Gasteiger partial charge in [-0.1, -0.05) is 41.9 Å². The van der Waals surface area contributed by atoms with Crippen molar-refractivity contribution in [1.82, 2.24) is 0 Å². The van der Waals surface area contributed by atoms with Crippen LogP contribution < -0.4 is 4.74 Å². The summed E-state index contributed by atoms with van der Waals surface area (Å²) < 4.78 is 16.1. The summed E-state index contributed by atoms with van der Waals surface area (Å²) in [5, 5.41) is 0.657. The van der Waals surface area contributed by atoms with E-state index < -0.39 is 5.97 Å². The van der Waals surface area contributed by atoms with Gasteiger partial charge in [-0.3, -0.25) is 0 Å². The van der Waals surface area contributed by atoms with Crippen LogP contribution in [0.5, 0.6) is 5.75 Å². The third kappa shape index (κ3) is 3.93. The monoisotopic (exact) mass is 379 g/mol. The van der Waals surface area contributed by atoms with Crippen LogP contribution in [0.3, 0.4) is 0 Å². The van der Waals surface area contributed by atoms with Crippen LogP contribution in [0.15, 0.2) is 82.0 Å². The number of aliphatic imine (C=N–C) groups is 1. The number of hydrogen-bond acceptors (Lipinski definition) is 5. The van der Waals surface area contributed by atoms with Crippen molar-refractivity contribution >= 4 is 29.5 Å². The van der Waals surface area contributed by atoms with Gasteiger partial charge in [0.25, 0.3) is 5.90 Å². The normalized spacial score (nSPS) is 14.9. The number of cyclic esters (lactones) is 1. The van der Waals surface area contributed by atoms with E-state index in [0.717, 1.165) is 11.1 Å². The Morgan fingerprint density at radius 1 is 1.07 bits per heavy atom. The molecule has 0 aliphatic carbocycles. The minimum absolute atomic E-state index is 0.155. The van der Waals surface area contributed by atoms with Crippen molar-refractivity contribution in [2.24, 2.45) is 4.99 Å². The Balaban J connectivity index is 1.51. The van der Waals surface area contributed by atoms with Gasteiger partial charge in [-0.15, -0.1) is 0 Å². The quantitative estimate of drug-likeness (QED) is 0.469. The molecule has 0 radical (unpaired) electrons. The Morgan fingerprint density at radius 3 is 2.78 bits per heavy atom. The molecule has 2 aromatic carbocycles. The summed E-state index contributed by atoms with van der Waals surface area (Å²) in [6.07, 6.45) is 3.13. The highest BCUT2D eigenvalue weighted by atomic mass is 35.5. The fourth-order valence-corrected chi connectivity index (χ4v) is 2.73. The summed E-state index contributed by atoms with van der Waals surface area (Å²) in [5.74, 6) is 0.695. The number of nitrogens with zero attached hydrogens (tertiary/aromatic N) is 1. The smallest absolute Gasteiger partial charge is 0.363 e. The average Bonchev–Trinajstić information content (AvgIpc) is 3.32. The van der Waals surface area contributed by atoms with Gasteiger partial charge in [0.15, 0.2) is 11.5 Å². The predicted molar refractivity (Wildman–Crippen MR) is 102 cm³/mol. The average molecular weight is 380 g/mol. The van der Waals surface area contributed by atoms with Crippen molar-refractivity contribution in [2.75, 3.05) is 0 Å². The van der Waals surface area contributed by atoms with E-state index in [9.17, 15) is 4.79 Å². The van der Waals surface area contributed by atoms with Crippen LogP contribution in [0.1, 0.15) is 16.9 Å². The number of hydrogen-bond donors (Lipinski definition) is 0. The molecule has 5 nitrogen and oxygen atoms in total. The Morgan fingerprint density at radius 2 is 1.96 bits per heavy atom. The predicted octanol–water partition coefficient (Wildman–Crippen LogP) is 4.86. The van der Waals surface area contributed by atoms with Gasteiger partial charge in [0.1, 0.15) is 12.4 Å². The molecule has 0 saturated heterocycles. The molecular formula is C21H14ClNO4. The number of esters is 1.